The van der Waals surface area contributed by atoms with E-state index >= 15 is 0 Å². The molecule has 4 aromatic rings. The van der Waals surface area contributed by atoms with Gasteiger partial charge in [-0.15, -0.1) is 0 Å². The monoisotopic (exact) mass is 578 g/mol. The summed E-state index contributed by atoms with van der Waals surface area (Å²) in [6, 6.07) is 37.2. The van der Waals surface area contributed by atoms with Gasteiger partial charge in [0.15, 0.2) is 0 Å². The fourth-order valence-corrected chi connectivity index (χ4v) is 4.63. The number of amides is 2. The van der Waals surface area contributed by atoms with Gasteiger partial charge in [0.25, 0.3) is 0 Å². The lowest BCUT2D eigenvalue weighted by Crippen LogP contribution is -2.63. The van der Waals surface area contributed by atoms with Crippen molar-refractivity contribution in [2.45, 2.75) is 44.7 Å². The molecule has 0 radical (unpaired) electrons. The second-order valence-electron chi connectivity index (χ2n) is 10.0. The minimum Gasteiger partial charge on any atom is -0.495 e. The first kappa shape index (κ1) is 29.6. The summed E-state index contributed by atoms with van der Waals surface area (Å²) in [6.07, 6.45) is -0.930. The zero-order valence-corrected chi connectivity index (χ0v) is 23.6. The molecule has 220 valence electrons. The molecule has 8 heteroatoms. The lowest BCUT2D eigenvalue weighted by atomic mass is 9.97. The van der Waals surface area contributed by atoms with E-state index in [2.05, 4.69) is 10.6 Å². The molecule has 1 heterocycles. The maximum absolute atomic E-state index is 13.5. The molecule has 1 fully saturated rings. The first-order chi connectivity index (χ1) is 21.2. The molecule has 0 saturated carbocycles. The summed E-state index contributed by atoms with van der Waals surface area (Å²) in [6.45, 7) is 0.796. The average molecular weight is 579 g/mol. The molecule has 5 rings (SSSR count). The number of carbonyl (C=O) groups is 2. The van der Waals surface area contributed by atoms with Crippen LogP contribution in [0.2, 0.25) is 0 Å². The highest BCUT2D eigenvalue weighted by molar-refractivity contribution is 5.89. The number of piperidine rings is 1. The van der Waals surface area contributed by atoms with Gasteiger partial charge >= 0.3 is 6.09 Å². The molecular weight excluding hydrogens is 544 g/mol. The molecule has 3 atom stereocenters. The van der Waals surface area contributed by atoms with Gasteiger partial charge in [-0.2, -0.15) is 0 Å². The van der Waals surface area contributed by atoms with Crippen LogP contribution in [0.5, 0.6) is 0 Å². The molecule has 1 saturated heterocycles. The van der Waals surface area contributed by atoms with Crippen LogP contribution in [0, 0.1) is 0 Å². The Hall–Kier alpha value is -4.92. The van der Waals surface area contributed by atoms with Crippen LogP contribution in [0.3, 0.4) is 0 Å². The van der Waals surface area contributed by atoms with E-state index in [1.54, 1.807) is 0 Å². The molecule has 43 heavy (non-hydrogen) atoms. The van der Waals surface area contributed by atoms with Gasteiger partial charge in [0.1, 0.15) is 37.7 Å². The van der Waals surface area contributed by atoms with Gasteiger partial charge < -0.3 is 29.6 Å². The molecule has 2 amide bonds. The predicted molar refractivity (Wildman–Crippen MR) is 161 cm³/mol. The topological polar surface area (TPSA) is 95.1 Å². The molecule has 0 bridgehead atoms. The first-order valence-corrected chi connectivity index (χ1v) is 14.1. The van der Waals surface area contributed by atoms with Crippen molar-refractivity contribution in [2.24, 2.45) is 0 Å². The minimum atomic E-state index is -1.10. The zero-order chi connectivity index (χ0) is 29.7. The summed E-state index contributed by atoms with van der Waals surface area (Å²) in [4.78, 5) is 26.4. The van der Waals surface area contributed by atoms with Gasteiger partial charge in [-0.05, 0) is 22.3 Å². The van der Waals surface area contributed by atoms with Gasteiger partial charge in [-0.3, -0.25) is 4.79 Å². The van der Waals surface area contributed by atoms with Crippen LogP contribution in [0.4, 0.5) is 4.79 Å². The van der Waals surface area contributed by atoms with Crippen molar-refractivity contribution in [2.75, 3.05) is 0 Å². The number of carbonyl (C=O) groups excluding carboxylic acids is 2. The number of alkyl carbamates (subject to hydrolysis) is 1. The number of hydrogen-bond donors (Lipinski definition) is 2. The Balaban J connectivity index is 1.38. The van der Waals surface area contributed by atoms with Crippen LogP contribution >= 0.6 is 0 Å². The van der Waals surface area contributed by atoms with E-state index in [-0.39, 0.29) is 19.8 Å². The lowest BCUT2D eigenvalue weighted by molar-refractivity contribution is -0.141. The third kappa shape index (κ3) is 8.78. The molecule has 0 aromatic heterocycles. The summed E-state index contributed by atoms with van der Waals surface area (Å²) in [5, 5.41) is 5.58. The predicted octanol–water partition coefficient (Wildman–Crippen LogP) is 5.64. The van der Waals surface area contributed by atoms with E-state index in [1.807, 2.05) is 121 Å². The zero-order valence-electron chi connectivity index (χ0n) is 23.6. The first-order valence-electron chi connectivity index (χ1n) is 14.1. The Morgan fingerprint density at radius 3 is 1.65 bits per heavy atom. The summed E-state index contributed by atoms with van der Waals surface area (Å²) in [7, 11) is 0. The van der Waals surface area contributed by atoms with Crippen molar-refractivity contribution in [1.82, 2.24) is 10.6 Å². The maximum Gasteiger partial charge on any atom is 0.408 e. The second-order valence-corrected chi connectivity index (χ2v) is 10.0. The van der Waals surface area contributed by atoms with E-state index in [0.717, 1.165) is 22.3 Å². The molecule has 1 aliphatic rings. The number of rotatable bonds is 12. The highest BCUT2D eigenvalue weighted by Crippen LogP contribution is 2.25. The fraction of sp³-hybridized carbons (Fsp3) is 0.200. The van der Waals surface area contributed by atoms with Crippen molar-refractivity contribution in [1.29, 1.82) is 0 Å². The van der Waals surface area contributed by atoms with Crippen molar-refractivity contribution >= 4 is 12.0 Å². The van der Waals surface area contributed by atoms with Crippen LogP contribution in [0.25, 0.3) is 0 Å². The Kier molecular flexibility index (Phi) is 10.6. The summed E-state index contributed by atoms with van der Waals surface area (Å²) in [5.41, 5.74) is 4.04. The Bertz CT molecular complexity index is 1470. The Morgan fingerprint density at radius 2 is 1.12 bits per heavy atom. The number of benzene rings is 4. The van der Waals surface area contributed by atoms with E-state index in [9.17, 15) is 9.59 Å². The quantitative estimate of drug-likeness (QED) is 0.211. The van der Waals surface area contributed by atoms with Gasteiger partial charge in [-0.1, -0.05) is 121 Å². The molecule has 1 aliphatic heterocycles. The average Bonchev–Trinajstić information content (AvgIpc) is 3.05. The molecule has 0 unspecified atom stereocenters. The Morgan fingerprint density at radius 1 is 0.651 bits per heavy atom. The van der Waals surface area contributed by atoms with Crippen LogP contribution in [0.15, 0.2) is 133 Å². The number of nitrogens with one attached hydrogen (secondary N) is 2. The van der Waals surface area contributed by atoms with Crippen LogP contribution < -0.4 is 10.6 Å². The van der Waals surface area contributed by atoms with E-state index in [4.69, 9.17) is 18.9 Å². The van der Waals surface area contributed by atoms with Crippen molar-refractivity contribution in [3.05, 3.63) is 156 Å². The van der Waals surface area contributed by atoms with Crippen molar-refractivity contribution in [3.63, 3.8) is 0 Å². The van der Waals surface area contributed by atoms with Gasteiger partial charge in [-0.25, -0.2) is 4.79 Å². The smallest absolute Gasteiger partial charge is 0.408 e. The van der Waals surface area contributed by atoms with Crippen molar-refractivity contribution < 1.29 is 28.5 Å². The van der Waals surface area contributed by atoms with E-state index in [1.165, 1.54) is 6.26 Å². The molecule has 0 aliphatic carbocycles. The summed E-state index contributed by atoms with van der Waals surface area (Å²) < 4.78 is 24.1. The van der Waals surface area contributed by atoms with Crippen LogP contribution in [-0.4, -0.2) is 30.3 Å². The van der Waals surface area contributed by atoms with Gasteiger partial charge in [0, 0.05) is 0 Å². The van der Waals surface area contributed by atoms with Gasteiger partial charge in [0.05, 0.1) is 18.9 Å². The second kappa shape index (κ2) is 15.3. The number of ether oxygens (including phenoxy) is 4. The minimum absolute atomic E-state index is 0.0585. The molecule has 0 spiro atoms. The summed E-state index contributed by atoms with van der Waals surface area (Å²) in [5.74, 6) is -0.469. The SMILES string of the molecule is O=C(N[C@H]1C(=O)N/C(=C/OCc2ccccc2)[C@@H](OCc2ccccc2)[C@@H]1OCc1ccccc1)OCc1ccccc1. The number of hydrogen-bond acceptors (Lipinski definition) is 6. The van der Waals surface area contributed by atoms with Crippen LogP contribution in [0.1, 0.15) is 22.3 Å². The standard InChI is InChI=1S/C35H34N2O6/c38-34-31(37-35(39)43-24-29-19-11-4-12-20-29)33(42-23-28-17-9-3-10-18-28)32(41-22-27-15-7-2-8-16-27)30(36-34)25-40-21-26-13-5-1-6-14-26/h1-20,25,31-33H,21-24H2,(H,36,38)(H,37,39)/b30-25+/t31-,32-,33-/m1/s1. The normalized spacial score (nSPS) is 18.9. The molecule has 8 nitrogen and oxygen atoms in total. The fourth-order valence-electron chi connectivity index (χ4n) is 4.63. The summed E-state index contributed by atoms with van der Waals surface area (Å²) >= 11 is 0. The van der Waals surface area contributed by atoms with E-state index < -0.39 is 30.3 Å². The highest BCUT2D eigenvalue weighted by Gasteiger charge is 2.45. The largest absolute Gasteiger partial charge is 0.495 e. The van der Waals surface area contributed by atoms with Gasteiger partial charge in [0.2, 0.25) is 5.91 Å². The van der Waals surface area contributed by atoms with Crippen LogP contribution in [-0.2, 0) is 50.2 Å². The lowest BCUT2D eigenvalue weighted by Gasteiger charge is -2.38. The highest BCUT2D eigenvalue weighted by atomic mass is 16.6. The maximum atomic E-state index is 13.5. The molecule has 2 N–H and O–H groups in total. The molecule has 4 aromatic carbocycles. The van der Waals surface area contributed by atoms with Crippen molar-refractivity contribution in [3.8, 4) is 0 Å². The third-order valence-electron chi connectivity index (χ3n) is 6.83. The Labute approximate surface area is 251 Å². The van der Waals surface area contributed by atoms with E-state index in [0.29, 0.717) is 12.3 Å². The third-order valence-corrected chi connectivity index (χ3v) is 6.83. The molecular formula is C35H34N2O6.